The summed E-state index contributed by atoms with van der Waals surface area (Å²) in [6, 6.07) is 5.53. The maximum Gasteiger partial charge on any atom is 0.416 e. The molecule has 0 aliphatic rings. The van der Waals surface area contributed by atoms with Crippen molar-refractivity contribution in [2.45, 2.75) is 26.2 Å². The van der Waals surface area contributed by atoms with E-state index < -0.39 is 35.0 Å². The van der Waals surface area contributed by atoms with Gasteiger partial charge in [0.1, 0.15) is 0 Å². The van der Waals surface area contributed by atoms with Gasteiger partial charge in [0.2, 0.25) is 0 Å². The average Bonchev–Trinajstić information content (AvgIpc) is 2.48. The van der Waals surface area contributed by atoms with Crippen LogP contribution in [-0.2, 0) is 12.4 Å². The fourth-order valence-corrected chi connectivity index (χ4v) is 2.11. The average molecular weight is 361 g/mol. The van der Waals surface area contributed by atoms with Gasteiger partial charge in [0.15, 0.2) is 0 Å². The molecule has 0 saturated heterocycles. The van der Waals surface area contributed by atoms with Crippen molar-refractivity contribution in [3.8, 4) is 0 Å². The maximum atomic E-state index is 12.8. The van der Waals surface area contributed by atoms with Crippen LogP contribution in [0.5, 0.6) is 0 Å². The molecule has 0 saturated carbocycles. The SMILES string of the molecule is Cc1ccc(NC(=O)c2cc(C(F)(F)F)cc(C(F)(F)F)c2)cc1C. The van der Waals surface area contributed by atoms with E-state index in [1.165, 1.54) is 6.07 Å². The molecule has 0 radical (unpaired) electrons. The second-order valence-corrected chi connectivity index (χ2v) is 5.55. The smallest absolute Gasteiger partial charge is 0.322 e. The quantitative estimate of drug-likeness (QED) is 0.694. The summed E-state index contributed by atoms with van der Waals surface area (Å²) in [6.07, 6.45) is -10.0. The highest BCUT2D eigenvalue weighted by atomic mass is 19.4. The van der Waals surface area contributed by atoms with Gasteiger partial charge < -0.3 is 5.32 Å². The van der Waals surface area contributed by atoms with Crippen molar-refractivity contribution in [1.82, 2.24) is 0 Å². The van der Waals surface area contributed by atoms with E-state index in [2.05, 4.69) is 5.32 Å². The lowest BCUT2D eigenvalue weighted by Gasteiger charge is -2.14. The molecule has 25 heavy (non-hydrogen) atoms. The van der Waals surface area contributed by atoms with Crippen LogP contribution >= 0.6 is 0 Å². The van der Waals surface area contributed by atoms with Gasteiger partial charge in [0, 0.05) is 11.3 Å². The normalized spacial score (nSPS) is 12.2. The predicted molar refractivity (Wildman–Crippen MR) is 80.3 cm³/mol. The van der Waals surface area contributed by atoms with Crippen LogP contribution in [0.2, 0.25) is 0 Å². The number of carbonyl (C=O) groups excluding carboxylic acids is 1. The van der Waals surface area contributed by atoms with Gasteiger partial charge in [-0.2, -0.15) is 26.3 Å². The minimum Gasteiger partial charge on any atom is -0.322 e. The summed E-state index contributed by atoms with van der Waals surface area (Å²) in [5, 5.41) is 2.31. The van der Waals surface area contributed by atoms with E-state index in [-0.39, 0.29) is 11.8 Å². The minimum atomic E-state index is -5.00. The molecular formula is C17H13F6NO. The lowest BCUT2D eigenvalue weighted by Crippen LogP contribution is -2.17. The number of nitrogens with one attached hydrogen (secondary N) is 1. The first-order valence-electron chi connectivity index (χ1n) is 7.06. The fourth-order valence-electron chi connectivity index (χ4n) is 2.11. The molecule has 0 aliphatic carbocycles. The molecule has 0 heterocycles. The second kappa shape index (κ2) is 6.42. The van der Waals surface area contributed by atoms with Crippen LogP contribution in [0.1, 0.15) is 32.6 Å². The molecule has 1 N–H and O–H groups in total. The highest BCUT2D eigenvalue weighted by molar-refractivity contribution is 6.04. The Morgan fingerprint density at radius 3 is 1.76 bits per heavy atom. The largest absolute Gasteiger partial charge is 0.416 e. The third-order valence-corrected chi connectivity index (χ3v) is 3.61. The number of benzene rings is 2. The van der Waals surface area contributed by atoms with Crippen LogP contribution in [0, 0.1) is 13.8 Å². The van der Waals surface area contributed by atoms with Crippen molar-refractivity contribution < 1.29 is 31.1 Å². The molecule has 2 aromatic carbocycles. The fraction of sp³-hybridized carbons (Fsp3) is 0.235. The third-order valence-electron chi connectivity index (χ3n) is 3.61. The van der Waals surface area contributed by atoms with Crippen molar-refractivity contribution in [3.63, 3.8) is 0 Å². The summed E-state index contributed by atoms with van der Waals surface area (Å²) in [4.78, 5) is 12.1. The first-order chi connectivity index (χ1) is 11.4. The summed E-state index contributed by atoms with van der Waals surface area (Å²) in [5.41, 5.74) is -1.77. The highest BCUT2D eigenvalue weighted by Gasteiger charge is 2.37. The van der Waals surface area contributed by atoms with E-state index >= 15 is 0 Å². The van der Waals surface area contributed by atoms with E-state index in [0.717, 1.165) is 11.1 Å². The van der Waals surface area contributed by atoms with Crippen LogP contribution in [-0.4, -0.2) is 5.91 Å². The minimum absolute atomic E-state index is 0.0210. The number of alkyl halides is 6. The van der Waals surface area contributed by atoms with Crippen molar-refractivity contribution >= 4 is 11.6 Å². The summed E-state index contributed by atoms with van der Waals surface area (Å²) in [6.45, 7) is 3.58. The number of rotatable bonds is 2. The van der Waals surface area contributed by atoms with Crippen molar-refractivity contribution in [2.24, 2.45) is 0 Å². The number of halogens is 6. The zero-order chi connectivity index (χ0) is 19.0. The van der Waals surface area contributed by atoms with Gasteiger partial charge in [0.05, 0.1) is 11.1 Å². The Morgan fingerprint density at radius 1 is 0.800 bits per heavy atom. The summed E-state index contributed by atoms with van der Waals surface area (Å²) in [5.74, 6) is -1.06. The van der Waals surface area contributed by atoms with Gasteiger partial charge in [-0.1, -0.05) is 6.07 Å². The Hall–Kier alpha value is -2.51. The number of carbonyl (C=O) groups is 1. The number of hydrogen-bond acceptors (Lipinski definition) is 1. The van der Waals surface area contributed by atoms with Crippen molar-refractivity contribution in [3.05, 3.63) is 64.2 Å². The molecule has 0 bridgehead atoms. The zero-order valence-electron chi connectivity index (χ0n) is 13.1. The van der Waals surface area contributed by atoms with Gasteiger partial charge in [0.25, 0.3) is 5.91 Å². The Labute approximate surface area is 139 Å². The van der Waals surface area contributed by atoms with E-state index in [9.17, 15) is 31.1 Å². The Morgan fingerprint density at radius 2 is 1.32 bits per heavy atom. The molecule has 134 valence electrons. The first kappa shape index (κ1) is 18.8. The Kier molecular flexibility index (Phi) is 4.83. The van der Waals surface area contributed by atoms with Crippen LogP contribution < -0.4 is 5.32 Å². The first-order valence-corrected chi connectivity index (χ1v) is 7.06. The Balaban J connectivity index is 2.42. The van der Waals surface area contributed by atoms with Crippen LogP contribution in [0.3, 0.4) is 0 Å². The van der Waals surface area contributed by atoms with Gasteiger partial charge >= 0.3 is 12.4 Å². The third kappa shape index (κ3) is 4.52. The standard InChI is InChI=1S/C17H13F6NO/c1-9-3-4-14(5-10(9)2)24-15(25)11-6-12(16(18,19)20)8-13(7-11)17(21,22)23/h3-8H,1-2H3,(H,24,25). The molecule has 2 rings (SSSR count). The van der Waals surface area contributed by atoms with E-state index in [4.69, 9.17) is 0 Å². The lowest BCUT2D eigenvalue weighted by atomic mass is 10.0. The maximum absolute atomic E-state index is 12.8. The highest BCUT2D eigenvalue weighted by Crippen LogP contribution is 2.36. The summed E-state index contributed by atoms with van der Waals surface area (Å²) < 4.78 is 76.9. The molecule has 2 aromatic rings. The molecule has 1 amide bonds. The number of aryl methyl sites for hydroxylation is 2. The summed E-state index contributed by atoms with van der Waals surface area (Å²) in [7, 11) is 0. The Bertz CT molecular complexity index is 776. The number of amides is 1. The molecule has 0 atom stereocenters. The van der Waals surface area contributed by atoms with E-state index in [0.29, 0.717) is 12.1 Å². The molecule has 0 aromatic heterocycles. The lowest BCUT2D eigenvalue weighted by molar-refractivity contribution is -0.143. The molecule has 2 nitrogen and oxygen atoms in total. The second-order valence-electron chi connectivity index (χ2n) is 5.55. The van der Waals surface area contributed by atoms with Crippen LogP contribution in [0.15, 0.2) is 36.4 Å². The van der Waals surface area contributed by atoms with Crippen molar-refractivity contribution in [2.75, 3.05) is 5.32 Å². The van der Waals surface area contributed by atoms with Gasteiger partial charge in [-0.3, -0.25) is 4.79 Å². The molecule has 8 heteroatoms. The molecule has 0 fully saturated rings. The van der Waals surface area contributed by atoms with Crippen molar-refractivity contribution in [1.29, 1.82) is 0 Å². The molecule has 0 aliphatic heterocycles. The molecule has 0 spiro atoms. The van der Waals surface area contributed by atoms with Crippen LogP contribution in [0.4, 0.5) is 32.0 Å². The van der Waals surface area contributed by atoms with E-state index in [1.807, 2.05) is 6.92 Å². The molecular weight excluding hydrogens is 348 g/mol. The monoisotopic (exact) mass is 361 g/mol. The van der Waals surface area contributed by atoms with Crippen LogP contribution in [0.25, 0.3) is 0 Å². The molecule has 0 unspecified atom stereocenters. The van der Waals surface area contributed by atoms with Gasteiger partial charge in [-0.05, 0) is 55.3 Å². The van der Waals surface area contributed by atoms with Gasteiger partial charge in [-0.15, -0.1) is 0 Å². The number of hydrogen-bond donors (Lipinski definition) is 1. The van der Waals surface area contributed by atoms with E-state index in [1.54, 1.807) is 19.1 Å². The zero-order valence-corrected chi connectivity index (χ0v) is 13.1. The predicted octanol–water partition coefficient (Wildman–Crippen LogP) is 5.59. The van der Waals surface area contributed by atoms with Gasteiger partial charge in [-0.25, -0.2) is 0 Å². The number of anilines is 1. The summed E-state index contributed by atoms with van der Waals surface area (Å²) >= 11 is 0. The topological polar surface area (TPSA) is 29.1 Å².